The quantitative estimate of drug-likeness (QED) is 0.730. The number of piperazine rings is 1. The number of rotatable bonds is 4. The van der Waals surface area contributed by atoms with Gasteiger partial charge in [-0.3, -0.25) is 9.59 Å². The predicted octanol–water partition coefficient (Wildman–Crippen LogP) is 1.81. The van der Waals surface area contributed by atoms with Crippen molar-refractivity contribution < 1.29 is 9.59 Å². The molecule has 3 N–H and O–H groups in total. The third-order valence-corrected chi connectivity index (χ3v) is 5.71. The maximum Gasteiger partial charge on any atom is 0.229 e. The van der Waals surface area contributed by atoms with E-state index in [-0.39, 0.29) is 35.7 Å². The normalized spacial score (nSPS) is 25.0. The molecule has 2 aliphatic heterocycles. The molecule has 0 aromatic heterocycles. The molecule has 3 atom stereocenters. The van der Waals surface area contributed by atoms with Gasteiger partial charge in [0.2, 0.25) is 11.8 Å². The molecule has 0 saturated carbocycles. The van der Waals surface area contributed by atoms with Gasteiger partial charge in [0.1, 0.15) is 0 Å². The van der Waals surface area contributed by atoms with Crippen LogP contribution in [0.1, 0.15) is 39.7 Å². The van der Waals surface area contributed by atoms with Crippen molar-refractivity contribution in [3.05, 3.63) is 28.8 Å². The molecule has 0 spiro atoms. The van der Waals surface area contributed by atoms with Crippen molar-refractivity contribution in [2.24, 2.45) is 0 Å². The van der Waals surface area contributed by atoms with E-state index in [9.17, 15) is 9.59 Å². The van der Waals surface area contributed by atoms with Crippen molar-refractivity contribution >= 4 is 29.1 Å². The highest BCUT2D eigenvalue weighted by Gasteiger charge is 2.39. The number of carbonyl (C=O) groups excluding carboxylic acids is 2. The number of fused-ring (bicyclic) bond motifs is 1. The molecule has 1 aromatic rings. The molecule has 0 aliphatic carbocycles. The highest BCUT2D eigenvalue weighted by Crippen LogP contribution is 2.42. The minimum atomic E-state index is -0.263. The highest BCUT2D eigenvalue weighted by molar-refractivity contribution is 6.31. The fraction of sp³-hybridized carbons (Fsp3) is 0.600. The maximum absolute atomic E-state index is 13.2. The first-order chi connectivity index (χ1) is 12.7. The molecule has 1 saturated heterocycles. The van der Waals surface area contributed by atoms with Crippen LogP contribution < -0.4 is 20.9 Å². The summed E-state index contributed by atoms with van der Waals surface area (Å²) < 4.78 is 0. The fourth-order valence-corrected chi connectivity index (χ4v) is 4.19. The van der Waals surface area contributed by atoms with E-state index >= 15 is 0 Å². The lowest BCUT2D eigenvalue weighted by Gasteiger charge is -2.35. The molecule has 2 aliphatic rings. The summed E-state index contributed by atoms with van der Waals surface area (Å²) in [5, 5.41) is 10.4. The van der Waals surface area contributed by atoms with Gasteiger partial charge in [0.05, 0.1) is 6.04 Å². The van der Waals surface area contributed by atoms with Crippen LogP contribution in [0, 0.1) is 0 Å². The molecule has 1 fully saturated rings. The molecule has 2 amide bonds. The Morgan fingerprint density at radius 2 is 2.07 bits per heavy atom. The zero-order chi connectivity index (χ0) is 19.8. The Kier molecular flexibility index (Phi) is 5.79. The van der Waals surface area contributed by atoms with Crippen LogP contribution in [0.5, 0.6) is 0 Å². The van der Waals surface area contributed by atoms with Gasteiger partial charge < -0.3 is 20.9 Å². The standard InChI is InChI=1S/C20H29ClN4O2/c1-12-9-23-17(10-22-12)16(24-13(2)26)8-19(27)25-11-20(3,4)15-6-5-14(21)7-18(15)25/h5-7,12,16-17,22-23H,8-11H2,1-4H3,(H,24,26)/t12-,16?,17-/m1/s1. The second-order valence-electron chi connectivity index (χ2n) is 8.36. The second-order valence-corrected chi connectivity index (χ2v) is 8.80. The molecule has 1 unspecified atom stereocenters. The van der Waals surface area contributed by atoms with E-state index in [2.05, 4.69) is 36.7 Å². The van der Waals surface area contributed by atoms with Gasteiger partial charge in [-0.1, -0.05) is 31.5 Å². The number of carbonyl (C=O) groups is 2. The summed E-state index contributed by atoms with van der Waals surface area (Å²) in [6, 6.07) is 5.87. The Balaban J connectivity index is 1.78. The van der Waals surface area contributed by atoms with Crippen molar-refractivity contribution in [3.8, 4) is 0 Å². The summed E-state index contributed by atoms with van der Waals surface area (Å²) in [7, 11) is 0. The Hall–Kier alpha value is -1.63. The van der Waals surface area contributed by atoms with Gasteiger partial charge in [-0.15, -0.1) is 0 Å². The number of nitrogens with zero attached hydrogens (tertiary/aromatic N) is 1. The molecule has 2 heterocycles. The minimum Gasteiger partial charge on any atom is -0.351 e. The number of hydrogen-bond acceptors (Lipinski definition) is 4. The zero-order valence-electron chi connectivity index (χ0n) is 16.4. The van der Waals surface area contributed by atoms with Gasteiger partial charge in [0.25, 0.3) is 0 Å². The highest BCUT2D eigenvalue weighted by atomic mass is 35.5. The van der Waals surface area contributed by atoms with Crippen LogP contribution in [0.25, 0.3) is 0 Å². The van der Waals surface area contributed by atoms with E-state index in [0.717, 1.165) is 17.8 Å². The monoisotopic (exact) mass is 392 g/mol. The summed E-state index contributed by atoms with van der Waals surface area (Å²) in [6.45, 7) is 10.00. The van der Waals surface area contributed by atoms with E-state index in [4.69, 9.17) is 11.6 Å². The Morgan fingerprint density at radius 3 is 2.70 bits per heavy atom. The first-order valence-electron chi connectivity index (χ1n) is 9.51. The molecule has 3 rings (SSSR count). The van der Waals surface area contributed by atoms with Gasteiger partial charge >= 0.3 is 0 Å². The Labute approximate surface area is 166 Å². The molecule has 27 heavy (non-hydrogen) atoms. The molecular weight excluding hydrogens is 364 g/mol. The van der Waals surface area contributed by atoms with E-state index in [1.54, 1.807) is 0 Å². The first kappa shape index (κ1) is 20.1. The number of amides is 2. The smallest absolute Gasteiger partial charge is 0.229 e. The number of anilines is 1. The number of benzene rings is 1. The summed E-state index contributed by atoms with van der Waals surface area (Å²) >= 11 is 6.18. The summed E-state index contributed by atoms with van der Waals surface area (Å²) in [4.78, 5) is 26.7. The van der Waals surface area contributed by atoms with Crippen LogP contribution in [0.4, 0.5) is 5.69 Å². The molecule has 6 nitrogen and oxygen atoms in total. The van der Waals surface area contributed by atoms with Crippen LogP contribution in [0.2, 0.25) is 5.02 Å². The van der Waals surface area contributed by atoms with E-state index in [0.29, 0.717) is 24.2 Å². The number of nitrogens with one attached hydrogen (secondary N) is 3. The van der Waals surface area contributed by atoms with Crippen molar-refractivity contribution in [3.63, 3.8) is 0 Å². The Bertz CT molecular complexity index is 729. The average molecular weight is 393 g/mol. The second kappa shape index (κ2) is 7.78. The van der Waals surface area contributed by atoms with Crippen LogP contribution in [-0.4, -0.2) is 49.6 Å². The molecule has 0 radical (unpaired) electrons. The van der Waals surface area contributed by atoms with Crippen LogP contribution >= 0.6 is 11.6 Å². The third-order valence-electron chi connectivity index (χ3n) is 5.48. The SMILES string of the molecule is CC(=O)NC(CC(=O)N1CC(C)(C)c2ccc(Cl)cc21)[C@H]1CN[C@H](C)CN1. The number of hydrogen-bond donors (Lipinski definition) is 3. The van der Waals surface area contributed by atoms with Gasteiger partial charge in [-0.2, -0.15) is 0 Å². The molecular formula is C20H29ClN4O2. The van der Waals surface area contributed by atoms with Crippen molar-refractivity contribution in [1.29, 1.82) is 0 Å². The summed E-state index contributed by atoms with van der Waals surface area (Å²) in [5.74, 6) is -0.123. The number of halogens is 1. The lowest BCUT2D eigenvalue weighted by Crippen LogP contribution is -2.62. The molecule has 0 bridgehead atoms. The predicted molar refractivity (Wildman–Crippen MR) is 108 cm³/mol. The van der Waals surface area contributed by atoms with E-state index in [1.165, 1.54) is 6.92 Å². The van der Waals surface area contributed by atoms with Crippen LogP contribution in [-0.2, 0) is 15.0 Å². The van der Waals surface area contributed by atoms with Crippen molar-refractivity contribution in [2.45, 2.75) is 57.7 Å². The Morgan fingerprint density at radius 1 is 1.33 bits per heavy atom. The van der Waals surface area contributed by atoms with Gasteiger partial charge in [0.15, 0.2) is 0 Å². The maximum atomic E-state index is 13.2. The van der Waals surface area contributed by atoms with Crippen LogP contribution in [0.3, 0.4) is 0 Å². The molecule has 1 aromatic carbocycles. The van der Waals surface area contributed by atoms with Crippen molar-refractivity contribution in [1.82, 2.24) is 16.0 Å². The van der Waals surface area contributed by atoms with Gasteiger partial charge in [-0.05, 0) is 24.6 Å². The van der Waals surface area contributed by atoms with E-state index < -0.39 is 0 Å². The van der Waals surface area contributed by atoms with Crippen molar-refractivity contribution in [2.75, 3.05) is 24.5 Å². The van der Waals surface area contributed by atoms with Crippen LogP contribution in [0.15, 0.2) is 18.2 Å². The minimum absolute atomic E-state index is 0.00302. The lowest BCUT2D eigenvalue weighted by atomic mass is 9.87. The zero-order valence-corrected chi connectivity index (χ0v) is 17.2. The fourth-order valence-electron chi connectivity index (χ4n) is 4.03. The summed E-state index contributed by atoms with van der Waals surface area (Å²) in [5.41, 5.74) is 1.88. The summed E-state index contributed by atoms with van der Waals surface area (Å²) in [6.07, 6.45) is 0.245. The first-order valence-corrected chi connectivity index (χ1v) is 9.89. The van der Waals surface area contributed by atoms with Gasteiger partial charge in [0, 0.05) is 61.2 Å². The lowest BCUT2D eigenvalue weighted by molar-refractivity contribution is -0.121. The topological polar surface area (TPSA) is 73.5 Å². The van der Waals surface area contributed by atoms with Gasteiger partial charge in [-0.25, -0.2) is 0 Å². The molecule has 7 heteroatoms. The largest absolute Gasteiger partial charge is 0.351 e. The average Bonchev–Trinajstić information content (AvgIpc) is 2.85. The molecule has 148 valence electrons. The van der Waals surface area contributed by atoms with E-state index in [1.807, 2.05) is 23.1 Å². The third kappa shape index (κ3) is 4.45.